The van der Waals surface area contributed by atoms with Gasteiger partial charge in [0.25, 0.3) is 0 Å². The number of ether oxygens (including phenoxy) is 1. The van der Waals surface area contributed by atoms with Crippen LogP contribution in [0.4, 0.5) is 0 Å². The molecule has 0 spiro atoms. The molecule has 0 bridgehead atoms. The quantitative estimate of drug-likeness (QED) is 0.902. The van der Waals surface area contributed by atoms with Crippen LogP contribution < -0.4 is 4.74 Å². The van der Waals surface area contributed by atoms with Crippen molar-refractivity contribution in [3.05, 3.63) is 50.4 Å². The van der Waals surface area contributed by atoms with E-state index in [1.807, 2.05) is 26.8 Å². The van der Waals surface area contributed by atoms with E-state index in [4.69, 9.17) is 9.15 Å². The van der Waals surface area contributed by atoms with Gasteiger partial charge >= 0.3 is 0 Å². The second kappa shape index (κ2) is 5.50. The lowest BCUT2D eigenvalue weighted by Crippen LogP contribution is -2.05. The minimum Gasteiger partial charge on any atom is -0.493 e. The topological polar surface area (TPSA) is 42.6 Å². The normalized spacial score (nSPS) is 14.9. The number of hydrogen-bond donors (Lipinski definition) is 1. The van der Waals surface area contributed by atoms with Gasteiger partial charge in [0, 0.05) is 22.9 Å². The maximum atomic E-state index is 10.6. The van der Waals surface area contributed by atoms with Crippen LogP contribution in [0.2, 0.25) is 0 Å². The van der Waals surface area contributed by atoms with Crippen molar-refractivity contribution in [3.8, 4) is 5.75 Å². The average Bonchev–Trinajstić information content (AvgIpc) is 2.95. The van der Waals surface area contributed by atoms with Crippen LogP contribution in [0.15, 0.2) is 21.0 Å². The van der Waals surface area contributed by atoms with E-state index in [1.54, 1.807) is 0 Å². The lowest BCUT2D eigenvalue weighted by atomic mass is 9.96. The van der Waals surface area contributed by atoms with Crippen molar-refractivity contribution >= 4 is 15.9 Å². The maximum Gasteiger partial charge on any atom is 0.125 e. The monoisotopic (exact) mass is 350 g/mol. The summed E-state index contributed by atoms with van der Waals surface area (Å²) in [5.74, 6) is 2.61. The number of furan rings is 1. The van der Waals surface area contributed by atoms with Gasteiger partial charge in [0.05, 0.1) is 12.7 Å². The van der Waals surface area contributed by atoms with E-state index in [-0.39, 0.29) is 0 Å². The van der Waals surface area contributed by atoms with Gasteiger partial charge in [0.2, 0.25) is 0 Å². The summed E-state index contributed by atoms with van der Waals surface area (Å²) >= 11 is 3.54. The van der Waals surface area contributed by atoms with Crippen LogP contribution in [0.5, 0.6) is 5.75 Å². The highest BCUT2D eigenvalue weighted by Gasteiger charge is 2.23. The van der Waals surface area contributed by atoms with E-state index in [9.17, 15) is 5.11 Å². The molecule has 0 fully saturated rings. The van der Waals surface area contributed by atoms with Gasteiger partial charge < -0.3 is 14.3 Å². The molecule has 1 aromatic heterocycles. The fourth-order valence-electron chi connectivity index (χ4n) is 3.11. The number of fused-ring (bicyclic) bond motifs is 1. The van der Waals surface area contributed by atoms with Gasteiger partial charge in [-0.3, -0.25) is 0 Å². The third-order valence-corrected chi connectivity index (χ3v) is 4.65. The molecule has 2 heterocycles. The van der Waals surface area contributed by atoms with Crippen molar-refractivity contribution in [2.24, 2.45) is 0 Å². The Labute approximate surface area is 133 Å². The van der Waals surface area contributed by atoms with Crippen LogP contribution in [-0.2, 0) is 12.8 Å². The lowest BCUT2D eigenvalue weighted by molar-refractivity contribution is 0.174. The van der Waals surface area contributed by atoms with Gasteiger partial charge in [-0.05, 0) is 49.6 Å². The molecule has 0 saturated carbocycles. The van der Waals surface area contributed by atoms with Crippen LogP contribution in [-0.4, -0.2) is 11.7 Å². The molecule has 1 aliphatic rings. The zero-order chi connectivity index (χ0) is 15.1. The molecule has 2 aromatic rings. The molecule has 0 radical (unpaired) electrons. The molecule has 1 unspecified atom stereocenters. The highest BCUT2D eigenvalue weighted by molar-refractivity contribution is 9.10. The van der Waals surface area contributed by atoms with Crippen LogP contribution in [0.1, 0.15) is 39.9 Å². The van der Waals surface area contributed by atoms with Gasteiger partial charge in [-0.15, -0.1) is 0 Å². The second-order valence-corrected chi connectivity index (χ2v) is 6.54. The smallest absolute Gasteiger partial charge is 0.125 e. The molecule has 1 N–H and O–H groups in total. The first kappa shape index (κ1) is 14.7. The fourth-order valence-corrected chi connectivity index (χ4v) is 3.66. The van der Waals surface area contributed by atoms with Crippen molar-refractivity contribution in [1.29, 1.82) is 0 Å². The van der Waals surface area contributed by atoms with E-state index in [0.29, 0.717) is 6.42 Å². The van der Waals surface area contributed by atoms with E-state index in [2.05, 4.69) is 22.0 Å². The van der Waals surface area contributed by atoms with Gasteiger partial charge in [-0.1, -0.05) is 15.9 Å². The molecule has 4 heteroatoms. The summed E-state index contributed by atoms with van der Waals surface area (Å²) in [6.45, 7) is 6.54. The average molecular weight is 351 g/mol. The Morgan fingerprint density at radius 2 is 2.00 bits per heavy atom. The Kier molecular flexibility index (Phi) is 3.84. The molecule has 1 aliphatic heterocycles. The standard InChI is InChI=1S/C17H19BrO3/c1-9-10(2)21-11(3)16(9)15(19)8-13-7-14(18)6-12-4-5-20-17(12)13/h6-7,15,19H,4-5,8H2,1-3H3. The summed E-state index contributed by atoms with van der Waals surface area (Å²) < 4.78 is 12.4. The highest BCUT2D eigenvalue weighted by Crippen LogP contribution is 2.37. The largest absolute Gasteiger partial charge is 0.493 e. The molecule has 3 rings (SSSR count). The van der Waals surface area contributed by atoms with Crippen molar-refractivity contribution in [2.45, 2.75) is 39.7 Å². The number of hydrogen-bond acceptors (Lipinski definition) is 3. The van der Waals surface area contributed by atoms with E-state index in [1.165, 1.54) is 5.56 Å². The summed E-state index contributed by atoms with van der Waals surface area (Å²) in [5.41, 5.74) is 4.19. The van der Waals surface area contributed by atoms with Gasteiger partial charge in [0.15, 0.2) is 0 Å². The Bertz CT molecular complexity index is 688. The SMILES string of the molecule is Cc1oc(C)c(C(O)Cc2cc(Br)cc3c2OCC3)c1C. The van der Waals surface area contributed by atoms with Crippen LogP contribution in [0.25, 0.3) is 0 Å². The van der Waals surface area contributed by atoms with Gasteiger partial charge in [-0.25, -0.2) is 0 Å². The summed E-state index contributed by atoms with van der Waals surface area (Å²) in [7, 11) is 0. The van der Waals surface area contributed by atoms with Crippen molar-refractivity contribution in [2.75, 3.05) is 6.61 Å². The van der Waals surface area contributed by atoms with E-state index in [0.717, 1.165) is 51.5 Å². The molecule has 3 nitrogen and oxygen atoms in total. The number of aliphatic hydroxyl groups excluding tert-OH is 1. The number of aryl methyl sites for hydroxylation is 2. The molecule has 0 aliphatic carbocycles. The Morgan fingerprint density at radius 3 is 2.67 bits per heavy atom. The van der Waals surface area contributed by atoms with Gasteiger partial charge in [0.1, 0.15) is 17.3 Å². The van der Waals surface area contributed by atoms with E-state index >= 15 is 0 Å². The minimum atomic E-state index is -0.579. The molecule has 112 valence electrons. The third-order valence-electron chi connectivity index (χ3n) is 4.19. The van der Waals surface area contributed by atoms with Crippen molar-refractivity contribution < 1.29 is 14.3 Å². The summed E-state index contributed by atoms with van der Waals surface area (Å²) in [4.78, 5) is 0. The Morgan fingerprint density at radius 1 is 1.24 bits per heavy atom. The molecular weight excluding hydrogens is 332 g/mol. The number of halogens is 1. The predicted molar refractivity (Wildman–Crippen MR) is 84.9 cm³/mol. The molecule has 1 aromatic carbocycles. The number of aliphatic hydroxyl groups is 1. The van der Waals surface area contributed by atoms with Crippen molar-refractivity contribution in [3.63, 3.8) is 0 Å². The lowest BCUT2D eigenvalue weighted by Gasteiger charge is -2.14. The summed E-state index contributed by atoms with van der Waals surface area (Å²) in [6, 6.07) is 4.13. The van der Waals surface area contributed by atoms with Crippen LogP contribution >= 0.6 is 15.9 Å². The zero-order valence-corrected chi connectivity index (χ0v) is 14.1. The number of rotatable bonds is 3. The van der Waals surface area contributed by atoms with E-state index < -0.39 is 6.10 Å². The first-order valence-electron chi connectivity index (χ1n) is 7.16. The first-order valence-corrected chi connectivity index (χ1v) is 7.95. The molecule has 21 heavy (non-hydrogen) atoms. The molecule has 0 saturated heterocycles. The third kappa shape index (κ3) is 2.62. The second-order valence-electron chi connectivity index (χ2n) is 5.62. The molecule has 0 amide bonds. The molecular formula is C17H19BrO3. The molecule has 1 atom stereocenters. The highest BCUT2D eigenvalue weighted by atomic mass is 79.9. The van der Waals surface area contributed by atoms with Crippen LogP contribution in [0.3, 0.4) is 0 Å². The maximum absolute atomic E-state index is 10.6. The Hall–Kier alpha value is -1.26. The first-order chi connectivity index (χ1) is 9.97. The zero-order valence-electron chi connectivity index (χ0n) is 12.5. The summed E-state index contributed by atoms with van der Waals surface area (Å²) in [6.07, 6.45) is 0.883. The predicted octanol–water partition coefficient (Wildman–Crippen LogP) is 4.18. The van der Waals surface area contributed by atoms with Gasteiger partial charge in [-0.2, -0.15) is 0 Å². The van der Waals surface area contributed by atoms with Crippen LogP contribution in [0, 0.1) is 20.8 Å². The fraction of sp³-hybridized carbons (Fsp3) is 0.412. The minimum absolute atomic E-state index is 0.530. The number of benzene rings is 1. The Balaban J connectivity index is 1.94. The van der Waals surface area contributed by atoms with Crippen molar-refractivity contribution in [1.82, 2.24) is 0 Å². The summed E-state index contributed by atoms with van der Waals surface area (Å²) in [5, 5.41) is 10.6.